The molecular formula is C52H36N2O. The molecule has 0 saturated carbocycles. The molecule has 1 aliphatic rings. The van der Waals surface area contributed by atoms with Gasteiger partial charge in [-0.05, 0) is 113 Å². The fourth-order valence-corrected chi connectivity index (χ4v) is 8.68. The second-order valence-electron chi connectivity index (χ2n) is 14.4. The fourth-order valence-electron chi connectivity index (χ4n) is 8.68. The Balaban J connectivity index is 1.03. The lowest BCUT2D eigenvalue weighted by Crippen LogP contribution is -2.12. The lowest BCUT2D eigenvalue weighted by Gasteiger charge is -2.29. The number of rotatable bonds is 6. The van der Waals surface area contributed by atoms with Crippen molar-refractivity contribution in [3.63, 3.8) is 0 Å². The van der Waals surface area contributed by atoms with E-state index < -0.39 is 0 Å². The van der Waals surface area contributed by atoms with Gasteiger partial charge in [-0.3, -0.25) is 0 Å². The van der Waals surface area contributed by atoms with Crippen molar-refractivity contribution in [2.24, 2.45) is 0 Å². The molecule has 0 N–H and O–H groups in total. The van der Waals surface area contributed by atoms with Crippen LogP contribution in [-0.2, 0) is 0 Å². The number of allylic oxidation sites excluding steroid dienone is 4. The highest BCUT2D eigenvalue weighted by atomic mass is 16.3. The van der Waals surface area contributed by atoms with Gasteiger partial charge >= 0.3 is 0 Å². The van der Waals surface area contributed by atoms with Crippen molar-refractivity contribution in [3.8, 4) is 16.8 Å². The Labute approximate surface area is 319 Å². The highest BCUT2D eigenvalue weighted by Gasteiger charge is 2.20. The summed E-state index contributed by atoms with van der Waals surface area (Å²) >= 11 is 0. The number of hydrogen-bond donors (Lipinski definition) is 0. The van der Waals surface area contributed by atoms with Crippen molar-refractivity contribution < 1.29 is 4.42 Å². The van der Waals surface area contributed by atoms with Crippen LogP contribution in [-0.4, -0.2) is 4.57 Å². The normalized spacial score (nSPS) is 13.0. The van der Waals surface area contributed by atoms with Gasteiger partial charge in [-0.2, -0.15) is 0 Å². The molecule has 3 heteroatoms. The Bertz CT molecular complexity index is 3140. The predicted molar refractivity (Wildman–Crippen MR) is 232 cm³/mol. The number of hydrogen-bond acceptors (Lipinski definition) is 2. The molecule has 10 aromatic rings. The summed E-state index contributed by atoms with van der Waals surface area (Å²) in [6.07, 6.45) is 8.78. The topological polar surface area (TPSA) is 21.3 Å². The maximum atomic E-state index is 6.24. The van der Waals surface area contributed by atoms with Gasteiger partial charge in [0, 0.05) is 44.2 Å². The summed E-state index contributed by atoms with van der Waals surface area (Å²) in [6.45, 7) is 0. The molecule has 0 amide bonds. The molecule has 0 spiro atoms. The summed E-state index contributed by atoms with van der Waals surface area (Å²) in [6, 6.07) is 63.6. The van der Waals surface area contributed by atoms with Gasteiger partial charge in [0.1, 0.15) is 11.2 Å². The van der Waals surface area contributed by atoms with Crippen molar-refractivity contribution >= 4 is 77.2 Å². The van der Waals surface area contributed by atoms with E-state index in [2.05, 4.69) is 191 Å². The lowest BCUT2D eigenvalue weighted by molar-refractivity contribution is 0.669. The van der Waals surface area contributed by atoms with Gasteiger partial charge in [-0.1, -0.05) is 121 Å². The third kappa shape index (κ3) is 5.20. The van der Waals surface area contributed by atoms with Crippen LogP contribution in [0.4, 0.5) is 17.1 Å². The largest absolute Gasteiger partial charge is 0.456 e. The number of benzene rings is 8. The average molecular weight is 705 g/mol. The second kappa shape index (κ2) is 12.8. The number of nitrogens with zero attached hydrogens (tertiary/aromatic N) is 2. The maximum absolute atomic E-state index is 6.24. The van der Waals surface area contributed by atoms with Gasteiger partial charge in [0.15, 0.2) is 0 Å². The van der Waals surface area contributed by atoms with Gasteiger partial charge in [0.05, 0.1) is 16.7 Å². The molecule has 0 fully saturated rings. The first-order valence-corrected chi connectivity index (χ1v) is 19.1. The molecule has 55 heavy (non-hydrogen) atoms. The highest BCUT2D eigenvalue weighted by molar-refractivity contribution is 6.21. The predicted octanol–water partition coefficient (Wildman–Crippen LogP) is 14.7. The Morgan fingerprint density at radius 3 is 2.13 bits per heavy atom. The van der Waals surface area contributed by atoms with E-state index in [-0.39, 0.29) is 0 Å². The van der Waals surface area contributed by atoms with E-state index in [9.17, 15) is 0 Å². The minimum Gasteiger partial charge on any atom is -0.456 e. The van der Waals surface area contributed by atoms with Crippen LogP contribution >= 0.6 is 0 Å². The van der Waals surface area contributed by atoms with E-state index in [1.165, 1.54) is 60.5 Å². The van der Waals surface area contributed by atoms with Gasteiger partial charge in [0.25, 0.3) is 0 Å². The summed E-state index contributed by atoms with van der Waals surface area (Å²) in [5.74, 6) is 0. The first-order valence-electron chi connectivity index (χ1n) is 19.1. The smallest absolute Gasteiger partial charge is 0.135 e. The average Bonchev–Trinajstić information content (AvgIpc) is 3.80. The molecule has 0 unspecified atom stereocenters. The minimum atomic E-state index is 0.895. The van der Waals surface area contributed by atoms with Crippen LogP contribution in [0.2, 0.25) is 0 Å². The van der Waals surface area contributed by atoms with Crippen LogP contribution in [0.15, 0.2) is 199 Å². The van der Waals surface area contributed by atoms with E-state index in [0.29, 0.717) is 0 Å². The Morgan fingerprint density at radius 1 is 0.509 bits per heavy atom. The Morgan fingerprint density at radius 2 is 1.25 bits per heavy atom. The molecule has 0 aliphatic heterocycles. The number of aromatic nitrogens is 1. The molecule has 8 aromatic carbocycles. The molecule has 1 aliphatic carbocycles. The Kier molecular flexibility index (Phi) is 7.31. The summed E-state index contributed by atoms with van der Waals surface area (Å²) in [5, 5.41) is 7.30. The van der Waals surface area contributed by atoms with E-state index in [4.69, 9.17) is 4.42 Å². The molecule has 3 nitrogen and oxygen atoms in total. The van der Waals surface area contributed by atoms with Crippen molar-refractivity contribution in [2.45, 2.75) is 12.8 Å². The summed E-state index contributed by atoms with van der Waals surface area (Å²) in [4.78, 5) is 2.40. The lowest BCUT2D eigenvalue weighted by atomic mass is 9.95. The SMILES string of the molecule is C1=CCCC(c2ccccc2N(c2ccc(-c3ccc4c(ccc5c4c4ccccc4n5-c4ccccc4)c3)cc2)c2ccc3oc4ccccc4c3c2)=C1. The van der Waals surface area contributed by atoms with E-state index >= 15 is 0 Å². The standard InChI is InChI=1S/C52H36N2O/c1-3-13-36(14-4-1)42-17-7-10-20-47(42)53(41-29-32-51-46(34-41)44-18-9-12-22-50(44)55-51)40-27-23-35(24-28-40)37-25-30-43-38(33-37)26-31-49-52(43)45-19-8-11-21-48(45)54(49)39-15-5-2-6-16-39/h1-3,5-13,15-34H,4,14H2. The van der Waals surface area contributed by atoms with Gasteiger partial charge in [0.2, 0.25) is 0 Å². The van der Waals surface area contributed by atoms with E-state index in [1.54, 1.807) is 0 Å². The second-order valence-corrected chi connectivity index (χ2v) is 14.4. The van der Waals surface area contributed by atoms with Crippen LogP contribution in [0.3, 0.4) is 0 Å². The molecule has 2 heterocycles. The quantitative estimate of drug-likeness (QED) is 0.172. The van der Waals surface area contributed by atoms with E-state index in [0.717, 1.165) is 51.8 Å². The third-order valence-electron chi connectivity index (χ3n) is 11.2. The zero-order valence-electron chi connectivity index (χ0n) is 30.2. The molecule has 0 saturated heterocycles. The molecule has 2 aromatic heterocycles. The zero-order chi connectivity index (χ0) is 36.3. The molecule has 11 rings (SSSR count). The third-order valence-corrected chi connectivity index (χ3v) is 11.2. The molecule has 260 valence electrons. The van der Waals surface area contributed by atoms with E-state index in [1.807, 2.05) is 12.1 Å². The fraction of sp³-hybridized carbons (Fsp3) is 0.0385. The molecule has 0 atom stereocenters. The number of furan rings is 1. The first-order chi connectivity index (χ1) is 27.3. The number of para-hydroxylation sites is 4. The van der Waals surface area contributed by atoms with Crippen LogP contribution < -0.4 is 4.90 Å². The highest BCUT2D eigenvalue weighted by Crippen LogP contribution is 2.44. The minimum absolute atomic E-state index is 0.895. The molecular weight excluding hydrogens is 669 g/mol. The number of anilines is 3. The first kappa shape index (κ1) is 31.4. The van der Waals surface area contributed by atoms with Crippen LogP contribution in [0.1, 0.15) is 18.4 Å². The zero-order valence-corrected chi connectivity index (χ0v) is 30.2. The van der Waals surface area contributed by atoms with Gasteiger partial charge < -0.3 is 13.9 Å². The monoisotopic (exact) mass is 704 g/mol. The number of fused-ring (bicyclic) bond motifs is 8. The van der Waals surface area contributed by atoms with Crippen LogP contribution in [0.5, 0.6) is 0 Å². The molecule has 0 radical (unpaired) electrons. The Hall–Kier alpha value is -7.10. The van der Waals surface area contributed by atoms with Gasteiger partial charge in [-0.15, -0.1) is 0 Å². The van der Waals surface area contributed by atoms with Crippen molar-refractivity contribution in [1.29, 1.82) is 0 Å². The summed E-state index contributed by atoms with van der Waals surface area (Å²) in [5.41, 5.74) is 13.8. The van der Waals surface area contributed by atoms with Crippen LogP contribution in [0, 0.1) is 0 Å². The van der Waals surface area contributed by atoms with Crippen molar-refractivity contribution in [3.05, 3.63) is 200 Å². The van der Waals surface area contributed by atoms with Crippen molar-refractivity contribution in [2.75, 3.05) is 4.90 Å². The van der Waals surface area contributed by atoms with Crippen LogP contribution in [0.25, 0.3) is 76.9 Å². The maximum Gasteiger partial charge on any atom is 0.135 e. The van der Waals surface area contributed by atoms with Crippen molar-refractivity contribution in [1.82, 2.24) is 4.57 Å². The molecule has 0 bridgehead atoms. The summed E-state index contributed by atoms with van der Waals surface area (Å²) < 4.78 is 8.63. The summed E-state index contributed by atoms with van der Waals surface area (Å²) in [7, 11) is 0. The van der Waals surface area contributed by atoms with Gasteiger partial charge in [-0.25, -0.2) is 0 Å².